The highest BCUT2D eigenvalue weighted by molar-refractivity contribution is 5.56. The Balaban J connectivity index is 1.74. The fraction of sp³-hybridized carbons (Fsp3) is 0.562. The summed E-state index contributed by atoms with van der Waals surface area (Å²) in [5, 5.41) is 12.3. The Labute approximate surface area is 133 Å². The minimum Gasteiger partial charge on any atom is -0.370 e. The van der Waals surface area contributed by atoms with Gasteiger partial charge < -0.3 is 10.2 Å². The van der Waals surface area contributed by atoms with Crippen molar-refractivity contribution in [2.75, 3.05) is 44.2 Å². The zero-order valence-corrected chi connectivity index (χ0v) is 12.7. The van der Waals surface area contributed by atoms with Crippen molar-refractivity contribution < 1.29 is 13.2 Å². The molecule has 0 bridgehead atoms. The fourth-order valence-corrected chi connectivity index (χ4v) is 3.39. The van der Waals surface area contributed by atoms with E-state index in [0.717, 1.165) is 51.8 Å². The SMILES string of the molecule is N#Cc1cc(N2CCC(N3CCNCC3)C2)ccc1C(F)(F)F. The minimum atomic E-state index is -4.49. The number of anilines is 1. The molecule has 4 nitrogen and oxygen atoms in total. The van der Waals surface area contributed by atoms with Gasteiger partial charge in [0.25, 0.3) is 0 Å². The Hall–Kier alpha value is -1.78. The van der Waals surface area contributed by atoms with E-state index >= 15 is 0 Å². The lowest BCUT2D eigenvalue weighted by atomic mass is 10.1. The van der Waals surface area contributed by atoms with Crippen LogP contribution in [0.4, 0.5) is 18.9 Å². The Bertz CT molecular complexity index is 602. The Morgan fingerprint density at radius 2 is 1.91 bits per heavy atom. The average Bonchev–Trinajstić information content (AvgIpc) is 3.04. The van der Waals surface area contributed by atoms with Gasteiger partial charge in [-0.25, -0.2) is 0 Å². The molecular formula is C16H19F3N4. The number of hydrogen-bond donors (Lipinski definition) is 1. The van der Waals surface area contributed by atoms with E-state index in [-0.39, 0.29) is 5.56 Å². The monoisotopic (exact) mass is 324 g/mol. The number of hydrogen-bond acceptors (Lipinski definition) is 4. The van der Waals surface area contributed by atoms with Crippen molar-refractivity contribution >= 4 is 5.69 Å². The van der Waals surface area contributed by atoms with Crippen LogP contribution in [-0.4, -0.2) is 50.2 Å². The van der Waals surface area contributed by atoms with Crippen LogP contribution in [0.5, 0.6) is 0 Å². The maximum absolute atomic E-state index is 12.9. The Morgan fingerprint density at radius 1 is 1.17 bits per heavy atom. The molecule has 2 fully saturated rings. The third kappa shape index (κ3) is 3.43. The number of alkyl halides is 3. The largest absolute Gasteiger partial charge is 0.417 e. The van der Waals surface area contributed by atoms with Gasteiger partial charge in [-0.2, -0.15) is 18.4 Å². The molecular weight excluding hydrogens is 305 g/mol. The average molecular weight is 324 g/mol. The second-order valence-electron chi connectivity index (χ2n) is 6.01. The van der Waals surface area contributed by atoms with Gasteiger partial charge in [-0.3, -0.25) is 4.90 Å². The fourth-order valence-electron chi connectivity index (χ4n) is 3.39. The molecule has 0 amide bonds. The number of nitriles is 1. The van der Waals surface area contributed by atoms with Crippen LogP contribution >= 0.6 is 0 Å². The van der Waals surface area contributed by atoms with E-state index in [1.807, 2.05) is 0 Å². The summed E-state index contributed by atoms with van der Waals surface area (Å²) in [5.41, 5.74) is -0.464. The molecule has 0 saturated carbocycles. The number of nitrogens with zero attached hydrogens (tertiary/aromatic N) is 3. The Morgan fingerprint density at radius 3 is 2.57 bits per heavy atom. The first kappa shape index (κ1) is 16.1. The van der Waals surface area contributed by atoms with Gasteiger partial charge in [-0.05, 0) is 24.6 Å². The second kappa shape index (κ2) is 6.38. The van der Waals surface area contributed by atoms with E-state index in [4.69, 9.17) is 5.26 Å². The molecule has 2 aliphatic heterocycles. The number of rotatable bonds is 2. The molecule has 2 saturated heterocycles. The van der Waals surface area contributed by atoms with E-state index in [0.29, 0.717) is 11.7 Å². The van der Waals surface area contributed by atoms with Crippen LogP contribution in [-0.2, 0) is 6.18 Å². The highest BCUT2D eigenvalue weighted by Gasteiger charge is 2.34. The van der Waals surface area contributed by atoms with Crippen LogP contribution in [0.15, 0.2) is 18.2 Å². The lowest BCUT2D eigenvalue weighted by Gasteiger charge is -2.32. The predicted octanol–water partition coefficient (Wildman–Crippen LogP) is 2.06. The van der Waals surface area contributed by atoms with Gasteiger partial charge >= 0.3 is 6.18 Å². The number of halogens is 3. The maximum atomic E-state index is 12.9. The summed E-state index contributed by atoms with van der Waals surface area (Å²) in [7, 11) is 0. The smallest absolute Gasteiger partial charge is 0.370 e. The Kier molecular flexibility index (Phi) is 4.46. The molecule has 23 heavy (non-hydrogen) atoms. The molecule has 3 rings (SSSR count). The van der Waals surface area contributed by atoms with Crippen LogP contribution in [0.1, 0.15) is 17.5 Å². The summed E-state index contributed by atoms with van der Waals surface area (Å²) in [6.45, 7) is 5.59. The van der Waals surface area contributed by atoms with Gasteiger partial charge in [-0.15, -0.1) is 0 Å². The first-order valence-corrected chi connectivity index (χ1v) is 7.80. The van der Waals surface area contributed by atoms with Crippen molar-refractivity contribution in [1.29, 1.82) is 5.26 Å². The standard InChI is InChI=1S/C16H19F3N4/c17-16(18,19)15-2-1-13(9-12(15)10-20)23-6-3-14(11-23)22-7-4-21-5-8-22/h1-2,9,14,21H,3-8,11H2. The maximum Gasteiger partial charge on any atom is 0.417 e. The van der Waals surface area contributed by atoms with E-state index in [9.17, 15) is 13.2 Å². The molecule has 0 aromatic heterocycles. The predicted molar refractivity (Wildman–Crippen MR) is 81.2 cm³/mol. The zero-order chi connectivity index (χ0) is 16.4. The van der Waals surface area contributed by atoms with E-state index in [1.54, 1.807) is 6.07 Å². The van der Waals surface area contributed by atoms with Gasteiger partial charge in [0.1, 0.15) is 0 Å². The first-order valence-electron chi connectivity index (χ1n) is 7.80. The van der Waals surface area contributed by atoms with Crippen LogP contribution < -0.4 is 10.2 Å². The topological polar surface area (TPSA) is 42.3 Å². The third-order valence-corrected chi connectivity index (χ3v) is 4.63. The van der Waals surface area contributed by atoms with Crippen molar-refractivity contribution in [1.82, 2.24) is 10.2 Å². The van der Waals surface area contributed by atoms with Crippen LogP contribution in [0.3, 0.4) is 0 Å². The molecule has 1 N–H and O–H groups in total. The molecule has 2 heterocycles. The normalized spacial score (nSPS) is 23.0. The van der Waals surface area contributed by atoms with E-state index in [1.165, 1.54) is 12.1 Å². The second-order valence-corrected chi connectivity index (χ2v) is 6.01. The van der Waals surface area contributed by atoms with Crippen molar-refractivity contribution in [3.63, 3.8) is 0 Å². The molecule has 1 unspecified atom stereocenters. The quantitative estimate of drug-likeness (QED) is 0.904. The van der Waals surface area contributed by atoms with E-state index in [2.05, 4.69) is 15.1 Å². The van der Waals surface area contributed by atoms with Crippen molar-refractivity contribution in [3.8, 4) is 6.07 Å². The lowest BCUT2D eigenvalue weighted by Crippen LogP contribution is -2.49. The van der Waals surface area contributed by atoms with Crippen LogP contribution in [0.2, 0.25) is 0 Å². The van der Waals surface area contributed by atoms with Crippen molar-refractivity contribution in [2.24, 2.45) is 0 Å². The number of piperazine rings is 1. The van der Waals surface area contributed by atoms with Crippen molar-refractivity contribution in [2.45, 2.75) is 18.6 Å². The summed E-state index contributed by atoms with van der Waals surface area (Å²) in [4.78, 5) is 4.51. The van der Waals surface area contributed by atoms with Crippen LogP contribution in [0, 0.1) is 11.3 Å². The molecule has 0 spiro atoms. The minimum absolute atomic E-state index is 0.305. The van der Waals surface area contributed by atoms with E-state index < -0.39 is 11.7 Å². The summed E-state index contributed by atoms with van der Waals surface area (Å²) < 4.78 is 38.6. The highest BCUT2D eigenvalue weighted by Crippen LogP contribution is 2.34. The van der Waals surface area contributed by atoms with Crippen LogP contribution in [0.25, 0.3) is 0 Å². The van der Waals surface area contributed by atoms with Gasteiger partial charge in [0.2, 0.25) is 0 Å². The van der Waals surface area contributed by atoms with Gasteiger partial charge in [0.15, 0.2) is 0 Å². The molecule has 0 radical (unpaired) electrons. The summed E-state index contributed by atoms with van der Waals surface area (Å²) in [6, 6.07) is 5.97. The van der Waals surface area contributed by atoms with Gasteiger partial charge in [0, 0.05) is 51.0 Å². The number of benzene rings is 1. The highest BCUT2D eigenvalue weighted by atomic mass is 19.4. The summed E-state index contributed by atoms with van der Waals surface area (Å²) in [5.74, 6) is 0. The number of nitrogens with one attached hydrogen (secondary N) is 1. The molecule has 2 aliphatic rings. The third-order valence-electron chi connectivity index (χ3n) is 4.63. The molecule has 7 heteroatoms. The van der Waals surface area contributed by atoms with Gasteiger partial charge in [-0.1, -0.05) is 0 Å². The molecule has 1 atom stereocenters. The lowest BCUT2D eigenvalue weighted by molar-refractivity contribution is -0.137. The molecule has 1 aromatic carbocycles. The van der Waals surface area contributed by atoms with Crippen molar-refractivity contribution in [3.05, 3.63) is 29.3 Å². The summed E-state index contributed by atoms with van der Waals surface area (Å²) in [6.07, 6.45) is -3.49. The first-order chi connectivity index (χ1) is 11.0. The molecule has 1 aromatic rings. The van der Waals surface area contributed by atoms with Gasteiger partial charge in [0.05, 0.1) is 17.2 Å². The molecule has 0 aliphatic carbocycles. The zero-order valence-electron chi connectivity index (χ0n) is 12.7. The summed E-state index contributed by atoms with van der Waals surface area (Å²) >= 11 is 0. The molecule has 124 valence electrons.